The Morgan fingerprint density at radius 2 is 1.94 bits per heavy atom. The molecule has 16 heavy (non-hydrogen) atoms. The van der Waals surface area contributed by atoms with Gasteiger partial charge in [0.15, 0.2) is 0 Å². The Morgan fingerprint density at radius 3 is 2.62 bits per heavy atom. The van der Waals surface area contributed by atoms with Crippen LogP contribution in [0.25, 0.3) is 0 Å². The first kappa shape index (κ1) is 11.6. The molecule has 0 radical (unpaired) electrons. The van der Waals surface area contributed by atoms with Crippen molar-refractivity contribution in [2.24, 2.45) is 5.92 Å². The van der Waals surface area contributed by atoms with Gasteiger partial charge in [0.25, 0.3) is 0 Å². The van der Waals surface area contributed by atoms with E-state index in [1.54, 1.807) is 0 Å². The van der Waals surface area contributed by atoms with Crippen LogP contribution >= 0.6 is 11.6 Å². The third-order valence-electron chi connectivity index (χ3n) is 3.23. The number of halogens is 1. The maximum absolute atomic E-state index is 6.02. The number of hydrogen-bond acceptors (Lipinski definition) is 3. The van der Waals surface area contributed by atoms with Crippen LogP contribution in [-0.2, 0) is 0 Å². The molecule has 1 heterocycles. The smallest absolute Gasteiger partial charge is 0.137 e. The summed E-state index contributed by atoms with van der Waals surface area (Å²) in [6.07, 6.45) is 5.41. The molecular formula is C12H18ClN3. The van der Waals surface area contributed by atoms with Crippen molar-refractivity contribution >= 4 is 17.4 Å². The normalized spacial score (nSPS) is 16.7. The van der Waals surface area contributed by atoms with Crippen molar-refractivity contribution in [1.29, 1.82) is 0 Å². The van der Waals surface area contributed by atoms with E-state index in [0.717, 1.165) is 29.7 Å². The van der Waals surface area contributed by atoms with E-state index >= 15 is 0 Å². The summed E-state index contributed by atoms with van der Waals surface area (Å²) in [4.78, 5) is 8.52. The molecule has 1 fully saturated rings. The number of nitrogens with one attached hydrogen (secondary N) is 1. The molecule has 2 rings (SSSR count). The van der Waals surface area contributed by atoms with E-state index in [0.29, 0.717) is 5.15 Å². The van der Waals surface area contributed by atoms with Gasteiger partial charge in [0, 0.05) is 12.1 Å². The number of anilines is 1. The van der Waals surface area contributed by atoms with Gasteiger partial charge < -0.3 is 5.32 Å². The summed E-state index contributed by atoms with van der Waals surface area (Å²) in [5.41, 5.74) is 0.949. The summed E-state index contributed by atoms with van der Waals surface area (Å²) in [7, 11) is 0. The van der Waals surface area contributed by atoms with Crippen LogP contribution in [0.15, 0.2) is 0 Å². The predicted octanol–water partition coefficient (Wildman–Crippen LogP) is 3.35. The maximum Gasteiger partial charge on any atom is 0.137 e. The maximum atomic E-state index is 6.02. The first-order chi connectivity index (χ1) is 7.66. The highest BCUT2D eigenvalue weighted by Gasteiger charge is 2.15. The summed E-state index contributed by atoms with van der Waals surface area (Å²) in [5.74, 6) is 2.42. The molecule has 1 N–H and O–H groups in total. The molecule has 88 valence electrons. The summed E-state index contributed by atoms with van der Waals surface area (Å²) >= 11 is 6.02. The molecule has 0 atom stereocenters. The van der Waals surface area contributed by atoms with Gasteiger partial charge in [-0.15, -0.1) is 0 Å². The van der Waals surface area contributed by atoms with Gasteiger partial charge in [-0.3, -0.25) is 0 Å². The van der Waals surface area contributed by atoms with Crippen LogP contribution in [0.3, 0.4) is 0 Å². The lowest BCUT2D eigenvalue weighted by Crippen LogP contribution is -2.13. The Balaban J connectivity index is 2.02. The fourth-order valence-electron chi connectivity index (χ4n) is 2.22. The summed E-state index contributed by atoms with van der Waals surface area (Å²) in [5, 5.41) is 3.96. The van der Waals surface area contributed by atoms with Gasteiger partial charge in [-0.2, -0.15) is 0 Å². The standard InChI is InChI=1S/C12H18ClN3/c1-8-11(13)15-9(2)16-12(8)14-7-10-5-3-4-6-10/h10H,3-7H2,1-2H3,(H,14,15,16). The molecule has 3 nitrogen and oxygen atoms in total. The Morgan fingerprint density at radius 1 is 1.25 bits per heavy atom. The van der Waals surface area contributed by atoms with Gasteiger partial charge in [-0.25, -0.2) is 9.97 Å². The topological polar surface area (TPSA) is 37.8 Å². The Labute approximate surface area is 102 Å². The van der Waals surface area contributed by atoms with E-state index in [1.165, 1.54) is 25.7 Å². The van der Waals surface area contributed by atoms with Gasteiger partial charge in [0.2, 0.25) is 0 Å². The van der Waals surface area contributed by atoms with E-state index in [1.807, 2.05) is 13.8 Å². The van der Waals surface area contributed by atoms with Crippen molar-refractivity contribution < 1.29 is 0 Å². The van der Waals surface area contributed by atoms with Crippen molar-refractivity contribution in [2.75, 3.05) is 11.9 Å². The van der Waals surface area contributed by atoms with Gasteiger partial charge in [-0.1, -0.05) is 24.4 Å². The fourth-order valence-corrected chi connectivity index (χ4v) is 2.43. The first-order valence-corrected chi connectivity index (χ1v) is 6.29. The van der Waals surface area contributed by atoms with Crippen LogP contribution in [0.4, 0.5) is 5.82 Å². The molecule has 1 saturated carbocycles. The van der Waals surface area contributed by atoms with Gasteiger partial charge >= 0.3 is 0 Å². The average Bonchev–Trinajstić information content (AvgIpc) is 2.74. The first-order valence-electron chi connectivity index (χ1n) is 5.91. The minimum atomic E-state index is 0.557. The van der Waals surface area contributed by atoms with Crippen LogP contribution in [0.2, 0.25) is 5.15 Å². The Hall–Kier alpha value is -0.830. The van der Waals surface area contributed by atoms with E-state index in [2.05, 4.69) is 15.3 Å². The van der Waals surface area contributed by atoms with Crippen molar-refractivity contribution in [3.05, 3.63) is 16.5 Å². The monoisotopic (exact) mass is 239 g/mol. The van der Waals surface area contributed by atoms with E-state index < -0.39 is 0 Å². The number of rotatable bonds is 3. The minimum Gasteiger partial charge on any atom is -0.369 e. The zero-order valence-corrected chi connectivity index (χ0v) is 10.6. The second-order valence-electron chi connectivity index (χ2n) is 4.57. The molecule has 1 aromatic rings. The van der Waals surface area contributed by atoms with Crippen molar-refractivity contribution in [1.82, 2.24) is 9.97 Å². The number of nitrogens with zero attached hydrogens (tertiary/aromatic N) is 2. The summed E-state index contributed by atoms with van der Waals surface area (Å²) in [6.45, 7) is 4.83. The zero-order valence-electron chi connectivity index (χ0n) is 9.89. The zero-order chi connectivity index (χ0) is 11.5. The van der Waals surface area contributed by atoms with Crippen LogP contribution in [0.5, 0.6) is 0 Å². The molecule has 0 spiro atoms. The Kier molecular flexibility index (Phi) is 3.64. The third-order valence-corrected chi connectivity index (χ3v) is 3.60. The number of aryl methyl sites for hydroxylation is 1. The second-order valence-corrected chi connectivity index (χ2v) is 4.92. The molecule has 1 aliphatic carbocycles. The lowest BCUT2D eigenvalue weighted by Gasteiger charge is -2.13. The second kappa shape index (κ2) is 5.00. The Bertz CT molecular complexity index is 373. The van der Waals surface area contributed by atoms with Crippen LogP contribution in [0, 0.1) is 19.8 Å². The van der Waals surface area contributed by atoms with Crippen molar-refractivity contribution in [2.45, 2.75) is 39.5 Å². The quantitative estimate of drug-likeness (QED) is 0.822. The average molecular weight is 240 g/mol. The molecule has 1 aromatic heterocycles. The molecule has 0 unspecified atom stereocenters. The number of hydrogen-bond donors (Lipinski definition) is 1. The largest absolute Gasteiger partial charge is 0.369 e. The molecule has 0 bridgehead atoms. The van der Waals surface area contributed by atoms with Gasteiger partial charge in [0.1, 0.15) is 16.8 Å². The third kappa shape index (κ3) is 2.64. The number of aromatic nitrogens is 2. The van der Waals surface area contributed by atoms with Crippen LogP contribution in [-0.4, -0.2) is 16.5 Å². The van der Waals surface area contributed by atoms with E-state index in [-0.39, 0.29) is 0 Å². The minimum absolute atomic E-state index is 0.557. The fraction of sp³-hybridized carbons (Fsp3) is 0.667. The molecular weight excluding hydrogens is 222 g/mol. The molecule has 4 heteroatoms. The predicted molar refractivity (Wildman–Crippen MR) is 67.0 cm³/mol. The molecule has 1 aliphatic rings. The van der Waals surface area contributed by atoms with Gasteiger partial charge in [0.05, 0.1) is 0 Å². The molecule has 0 aromatic carbocycles. The SMILES string of the molecule is Cc1nc(Cl)c(C)c(NCC2CCCC2)n1. The lowest BCUT2D eigenvalue weighted by atomic mass is 10.1. The lowest BCUT2D eigenvalue weighted by molar-refractivity contribution is 0.578. The highest BCUT2D eigenvalue weighted by Crippen LogP contribution is 2.26. The van der Waals surface area contributed by atoms with Crippen LogP contribution < -0.4 is 5.32 Å². The van der Waals surface area contributed by atoms with E-state index in [4.69, 9.17) is 11.6 Å². The molecule has 0 aliphatic heterocycles. The van der Waals surface area contributed by atoms with E-state index in [9.17, 15) is 0 Å². The highest BCUT2D eigenvalue weighted by atomic mass is 35.5. The van der Waals surface area contributed by atoms with Crippen molar-refractivity contribution in [3.8, 4) is 0 Å². The van der Waals surface area contributed by atoms with Crippen molar-refractivity contribution in [3.63, 3.8) is 0 Å². The summed E-state index contributed by atoms with van der Waals surface area (Å²) in [6, 6.07) is 0. The van der Waals surface area contributed by atoms with Gasteiger partial charge in [-0.05, 0) is 32.6 Å². The molecule has 0 amide bonds. The molecule has 0 saturated heterocycles. The van der Waals surface area contributed by atoms with Crippen LogP contribution in [0.1, 0.15) is 37.1 Å². The highest BCUT2D eigenvalue weighted by molar-refractivity contribution is 6.30. The summed E-state index contributed by atoms with van der Waals surface area (Å²) < 4.78 is 0.